The molecule has 0 aromatic rings. The van der Waals surface area contributed by atoms with Crippen molar-refractivity contribution in [1.29, 1.82) is 0 Å². The molecule has 5 heteroatoms. The smallest absolute Gasteiger partial charge is 0.316 e. The number of ether oxygens (including phenoxy) is 2. The standard InChI is InChI=1S/C14H22O4Si/c1-14(7-8(14)12(15)17-2)10-9(13(16)18-3)11(10)19(4,5)6/h8-9H,7H2,1-6H3. The molecular weight excluding hydrogens is 260 g/mol. The molecular formula is C14H22O4Si. The zero-order valence-corrected chi connectivity index (χ0v) is 13.5. The largest absolute Gasteiger partial charge is 0.469 e. The lowest BCUT2D eigenvalue weighted by molar-refractivity contribution is -0.144. The summed E-state index contributed by atoms with van der Waals surface area (Å²) in [5.74, 6) is -0.602. The van der Waals surface area contributed by atoms with E-state index >= 15 is 0 Å². The highest BCUT2D eigenvalue weighted by Gasteiger charge is 2.67. The summed E-state index contributed by atoms with van der Waals surface area (Å²) in [6.45, 7) is 8.74. The van der Waals surface area contributed by atoms with Crippen LogP contribution in [0.5, 0.6) is 0 Å². The zero-order valence-electron chi connectivity index (χ0n) is 12.5. The Labute approximate surface area is 115 Å². The highest BCUT2D eigenvalue weighted by molar-refractivity contribution is 6.85. The van der Waals surface area contributed by atoms with Crippen LogP contribution in [0.15, 0.2) is 10.8 Å². The van der Waals surface area contributed by atoms with Crippen LogP contribution in [0, 0.1) is 17.3 Å². The Kier molecular flexibility index (Phi) is 3.16. The molecule has 0 aromatic heterocycles. The molecule has 0 radical (unpaired) electrons. The highest BCUT2D eigenvalue weighted by atomic mass is 28.3. The Morgan fingerprint density at radius 3 is 2.11 bits per heavy atom. The van der Waals surface area contributed by atoms with Crippen LogP contribution in [0.2, 0.25) is 19.6 Å². The van der Waals surface area contributed by atoms with E-state index < -0.39 is 8.07 Å². The van der Waals surface area contributed by atoms with Crippen molar-refractivity contribution in [3.8, 4) is 0 Å². The van der Waals surface area contributed by atoms with Gasteiger partial charge in [-0.3, -0.25) is 9.59 Å². The average molecular weight is 282 g/mol. The number of esters is 2. The van der Waals surface area contributed by atoms with Gasteiger partial charge >= 0.3 is 11.9 Å². The summed E-state index contributed by atoms with van der Waals surface area (Å²) in [4.78, 5) is 23.6. The van der Waals surface area contributed by atoms with Gasteiger partial charge in [-0.25, -0.2) is 0 Å². The summed E-state index contributed by atoms with van der Waals surface area (Å²) in [6, 6.07) is 0. The molecule has 0 aliphatic heterocycles. The second kappa shape index (κ2) is 4.20. The van der Waals surface area contributed by atoms with E-state index in [-0.39, 0.29) is 29.2 Å². The van der Waals surface area contributed by atoms with Gasteiger partial charge in [-0.1, -0.05) is 31.8 Å². The zero-order chi connectivity index (χ0) is 14.6. The summed E-state index contributed by atoms with van der Waals surface area (Å²) in [7, 11) is 1.29. The van der Waals surface area contributed by atoms with Gasteiger partial charge in [0.05, 0.1) is 34.1 Å². The van der Waals surface area contributed by atoms with Crippen LogP contribution in [0.3, 0.4) is 0 Å². The lowest BCUT2D eigenvalue weighted by atomic mass is 10.00. The van der Waals surface area contributed by atoms with Gasteiger partial charge in [-0.2, -0.15) is 0 Å². The first kappa shape index (κ1) is 14.3. The van der Waals surface area contributed by atoms with Crippen molar-refractivity contribution in [2.24, 2.45) is 17.3 Å². The topological polar surface area (TPSA) is 52.6 Å². The molecule has 0 saturated heterocycles. The molecule has 0 N–H and O–H groups in total. The minimum atomic E-state index is -1.55. The lowest BCUT2D eigenvalue weighted by Gasteiger charge is -2.12. The SMILES string of the molecule is COC(=O)C1C(C2(C)CC2C(=O)OC)=C1[Si](C)(C)C. The fraction of sp³-hybridized carbons (Fsp3) is 0.714. The molecule has 0 spiro atoms. The monoisotopic (exact) mass is 282 g/mol. The Bertz CT molecular complexity index is 474. The Balaban J connectivity index is 2.26. The third-order valence-corrected chi connectivity index (χ3v) is 6.54. The van der Waals surface area contributed by atoms with Gasteiger partial charge < -0.3 is 9.47 Å². The predicted molar refractivity (Wildman–Crippen MR) is 74.1 cm³/mol. The van der Waals surface area contributed by atoms with E-state index in [4.69, 9.17) is 9.47 Å². The average Bonchev–Trinajstić information content (AvgIpc) is 3.19. The van der Waals surface area contributed by atoms with Crippen molar-refractivity contribution >= 4 is 20.0 Å². The predicted octanol–water partition coefficient (Wildman–Crippen LogP) is 2.16. The van der Waals surface area contributed by atoms with E-state index in [0.717, 1.165) is 12.0 Å². The number of carbonyl (C=O) groups excluding carboxylic acids is 2. The fourth-order valence-electron chi connectivity index (χ4n) is 3.20. The second-order valence-corrected chi connectivity index (χ2v) is 11.8. The first-order valence-electron chi connectivity index (χ1n) is 6.59. The summed E-state index contributed by atoms with van der Waals surface area (Å²) in [6.07, 6.45) is 0.788. The van der Waals surface area contributed by atoms with Crippen LogP contribution in [0.25, 0.3) is 0 Å². The van der Waals surface area contributed by atoms with Crippen LogP contribution in [-0.2, 0) is 19.1 Å². The molecule has 0 heterocycles. The molecule has 0 bridgehead atoms. The Hall–Kier alpha value is -1.10. The summed E-state index contributed by atoms with van der Waals surface area (Å²) in [5, 5.41) is 1.27. The van der Waals surface area contributed by atoms with Crippen molar-refractivity contribution < 1.29 is 19.1 Å². The van der Waals surface area contributed by atoms with Crippen molar-refractivity contribution in [2.45, 2.75) is 33.0 Å². The molecule has 1 saturated carbocycles. The minimum Gasteiger partial charge on any atom is -0.469 e. The molecule has 0 aromatic carbocycles. The van der Waals surface area contributed by atoms with Crippen LogP contribution in [-0.4, -0.2) is 34.2 Å². The van der Waals surface area contributed by atoms with Crippen LogP contribution in [0.1, 0.15) is 13.3 Å². The van der Waals surface area contributed by atoms with E-state index in [2.05, 4.69) is 26.6 Å². The van der Waals surface area contributed by atoms with E-state index in [1.807, 2.05) is 0 Å². The molecule has 3 atom stereocenters. The van der Waals surface area contributed by atoms with Gasteiger partial charge in [0.1, 0.15) is 0 Å². The third-order valence-electron chi connectivity index (χ3n) is 4.37. The van der Waals surface area contributed by atoms with Crippen molar-refractivity contribution in [1.82, 2.24) is 0 Å². The summed E-state index contributed by atoms with van der Waals surface area (Å²) in [5.41, 5.74) is 0.982. The molecule has 2 aliphatic rings. The van der Waals surface area contributed by atoms with Gasteiger partial charge in [-0.15, -0.1) is 0 Å². The summed E-state index contributed by atoms with van der Waals surface area (Å²) >= 11 is 0. The molecule has 0 amide bonds. The van der Waals surface area contributed by atoms with E-state index in [1.54, 1.807) is 0 Å². The number of hydrogen-bond donors (Lipinski definition) is 0. The van der Waals surface area contributed by atoms with Gasteiger partial charge in [-0.05, 0) is 12.0 Å². The number of methoxy groups -OCH3 is 2. The third kappa shape index (κ3) is 2.14. The highest BCUT2D eigenvalue weighted by Crippen LogP contribution is 2.68. The molecule has 19 heavy (non-hydrogen) atoms. The number of rotatable bonds is 4. The van der Waals surface area contributed by atoms with E-state index in [9.17, 15) is 9.59 Å². The molecule has 3 unspecified atom stereocenters. The van der Waals surface area contributed by atoms with Gasteiger partial charge in [0, 0.05) is 5.41 Å². The lowest BCUT2D eigenvalue weighted by Crippen LogP contribution is -2.23. The van der Waals surface area contributed by atoms with Gasteiger partial charge in [0.15, 0.2) is 0 Å². The molecule has 106 valence electrons. The van der Waals surface area contributed by atoms with Crippen LogP contribution < -0.4 is 0 Å². The van der Waals surface area contributed by atoms with Gasteiger partial charge in [0.2, 0.25) is 0 Å². The molecule has 2 aliphatic carbocycles. The number of hydrogen-bond acceptors (Lipinski definition) is 4. The Morgan fingerprint density at radius 2 is 1.68 bits per heavy atom. The van der Waals surface area contributed by atoms with Crippen molar-refractivity contribution in [3.05, 3.63) is 10.8 Å². The van der Waals surface area contributed by atoms with Crippen LogP contribution in [0.4, 0.5) is 0 Å². The maximum atomic E-state index is 11.9. The van der Waals surface area contributed by atoms with Crippen molar-refractivity contribution in [3.63, 3.8) is 0 Å². The normalized spacial score (nSPS) is 32.9. The second-order valence-electron chi connectivity index (χ2n) is 6.73. The first-order chi connectivity index (χ1) is 8.68. The minimum absolute atomic E-state index is 0.0893. The van der Waals surface area contributed by atoms with Gasteiger partial charge in [0.25, 0.3) is 0 Å². The number of carbonyl (C=O) groups is 2. The fourth-order valence-corrected chi connectivity index (χ4v) is 5.49. The van der Waals surface area contributed by atoms with Crippen LogP contribution >= 0.6 is 0 Å². The van der Waals surface area contributed by atoms with Crippen molar-refractivity contribution in [2.75, 3.05) is 14.2 Å². The molecule has 4 nitrogen and oxygen atoms in total. The quantitative estimate of drug-likeness (QED) is 0.586. The van der Waals surface area contributed by atoms with E-state index in [1.165, 1.54) is 19.4 Å². The maximum Gasteiger partial charge on any atom is 0.316 e. The Morgan fingerprint density at radius 1 is 1.16 bits per heavy atom. The van der Waals surface area contributed by atoms with E-state index in [0.29, 0.717) is 0 Å². The summed E-state index contributed by atoms with van der Waals surface area (Å²) < 4.78 is 9.72. The maximum absolute atomic E-state index is 11.9. The molecule has 2 rings (SSSR count). The molecule has 1 fully saturated rings. The first-order valence-corrected chi connectivity index (χ1v) is 10.1.